The van der Waals surface area contributed by atoms with Gasteiger partial charge in [0.05, 0.1) is 5.02 Å². The highest BCUT2D eigenvalue weighted by molar-refractivity contribution is 6.32. The van der Waals surface area contributed by atoms with Crippen LogP contribution in [0.3, 0.4) is 0 Å². The van der Waals surface area contributed by atoms with Crippen molar-refractivity contribution in [1.82, 2.24) is 0 Å². The van der Waals surface area contributed by atoms with Crippen LogP contribution in [0.2, 0.25) is 5.02 Å². The fraction of sp³-hybridized carbons (Fsp3) is 0.625. The minimum atomic E-state index is -0.854. The summed E-state index contributed by atoms with van der Waals surface area (Å²) in [5.74, 6) is 19.5. The van der Waals surface area contributed by atoms with Crippen LogP contribution in [0.25, 0.3) is 0 Å². The topological polar surface area (TPSA) is 60.7 Å². The maximum absolute atomic E-state index is 9.33. The fourth-order valence-electron chi connectivity index (χ4n) is 3.03. The molecule has 294 valence electrons. The molecule has 2 aromatic carbocycles. The molecule has 0 atom stereocenters. The number of aliphatic hydroxyl groups is 1. The molecule has 52 heavy (non-hydrogen) atoms. The number of hydrogen-bond acceptors (Lipinski definition) is 3. The number of halogens is 1. The predicted molar refractivity (Wildman–Crippen MR) is 231 cm³/mol. The second-order valence-corrected chi connectivity index (χ2v) is 20.6. The first-order chi connectivity index (χ1) is 22.7. The molecule has 0 aromatic heterocycles. The molecule has 0 saturated carbocycles. The molecular weight excluding hydrogens is 660 g/mol. The zero-order chi connectivity index (χ0) is 42.2. The van der Waals surface area contributed by atoms with Crippen molar-refractivity contribution >= 4 is 11.6 Å². The van der Waals surface area contributed by atoms with Crippen LogP contribution in [-0.2, 0) is 10.8 Å². The molecule has 0 aliphatic heterocycles. The summed E-state index contributed by atoms with van der Waals surface area (Å²) in [6.07, 6.45) is 0. The van der Waals surface area contributed by atoms with Gasteiger partial charge in [-0.25, -0.2) is 0 Å². The first kappa shape index (κ1) is 53.3. The van der Waals surface area contributed by atoms with E-state index in [1.807, 2.05) is 39.0 Å². The monoisotopic (exact) mass is 737 g/mol. The van der Waals surface area contributed by atoms with Gasteiger partial charge in [-0.2, -0.15) is 0 Å². The molecule has 0 fully saturated rings. The molecule has 3 nitrogen and oxygen atoms in total. The van der Waals surface area contributed by atoms with Crippen molar-refractivity contribution in [2.24, 2.45) is 27.6 Å². The Hall–Kier alpha value is -3.03. The largest absolute Gasteiger partial charge is 0.508 e. The number of phenols is 2. The average Bonchev–Trinajstić information content (AvgIpc) is 2.90. The second-order valence-electron chi connectivity index (χ2n) is 20.2. The third-order valence-corrected chi connectivity index (χ3v) is 6.14. The van der Waals surface area contributed by atoms with Gasteiger partial charge in [0.2, 0.25) is 0 Å². The Morgan fingerprint density at radius 3 is 1.10 bits per heavy atom. The molecule has 3 N–H and O–H groups in total. The van der Waals surface area contributed by atoms with Crippen molar-refractivity contribution in [1.29, 1.82) is 0 Å². The lowest BCUT2D eigenvalue weighted by Gasteiger charge is -2.19. The van der Waals surface area contributed by atoms with E-state index in [1.54, 1.807) is 38.1 Å². The molecule has 2 aromatic rings. The summed E-state index contributed by atoms with van der Waals surface area (Å²) in [5, 5.41) is 28.1. The van der Waals surface area contributed by atoms with E-state index < -0.39 is 5.60 Å². The van der Waals surface area contributed by atoms with E-state index in [1.165, 1.54) is 0 Å². The van der Waals surface area contributed by atoms with Gasteiger partial charge in [0, 0.05) is 27.6 Å². The highest BCUT2D eigenvalue weighted by Crippen LogP contribution is 2.30. The lowest BCUT2D eigenvalue weighted by atomic mass is 9.87. The van der Waals surface area contributed by atoms with Gasteiger partial charge in [-0.1, -0.05) is 121 Å². The molecule has 0 aliphatic carbocycles. The van der Waals surface area contributed by atoms with Gasteiger partial charge >= 0.3 is 0 Å². The van der Waals surface area contributed by atoms with E-state index in [-0.39, 0.29) is 38.2 Å². The van der Waals surface area contributed by atoms with Crippen LogP contribution >= 0.6 is 11.6 Å². The summed E-state index contributed by atoms with van der Waals surface area (Å²) in [4.78, 5) is 0. The average molecular weight is 738 g/mol. The summed E-state index contributed by atoms with van der Waals surface area (Å²) >= 11 is 5.68. The summed E-state index contributed by atoms with van der Waals surface area (Å²) in [7, 11) is 0. The molecule has 0 bridgehead atoms. The van der Waals surface area contributed by atoms with E-state index in [4.69, 9.17) is 11.6 Å². The molecule has 4 heteroatoms. The van der Waals surface area contributed by atoms with Crippen molar-refractivity contribution in [3.63, 3.8) is 0 Å². The molecule has 0 saturated heterocycles. The summed E-state index contributed by atoms with van der Waals surface area (Å²) in [5.41, 5.74) is 2.03. The third-order valence-electron chi connectivity index (χ3n) is 5.82. The number of benzene rings is 2. The van der Waals surface area contributed by atoms with Crippen LogP contribution in [-0.4, -0.2) is 20.9 Å². The Labute approximate surface area is 327 Å². The standard InChI is InChI=1S/C10H13ClO.C10H14O.C10H18.C9H16O.C9H16/c1-10(2,3)7-4-5-8(11)9(12)6-7;1-10(2,3)8-5-4-6-9(11)7-8;1-9(2,3)7-8-10(4,5)6;1-8(2,3)6-7-9(4,5)10;1-8(2)6-7-9(3,4)5/h4-6,12H,1-3H3;4-7,11H,1-3H3;1-6H3;10H,1-5H3;8H,1-5H3. The van der Waals surface area contributed by atoms with Crippen molar-refractivity contribution in [3.8, 4) is 47.0 Å². The lowest BCUT2D eigenvalue weighted by molar-refractivity contribution is 0.143. The number of phenolic OH excluding ortho intramolecular Hbond substituents is 2. The Bertz CT molecular complexity index is 1430. The Morgan fingerprint density at radius 2 is 0.865 bits per heavy atom. The van der Waals surface area contributed by atoms with Gasteiger partial charge in [0.15, 0.2) is 0 Å². The molecule has 0 radical (unpaired) electrons. The Morgan fingerprint density at radius 1 is 0.500 bits per heavy atom. The normalized spacial score (nSPS) is 11.7. The van der Waals surface area contributed by atoms with E-state index >= 15 is 0 Å². The number of rotatable bonds is 0. The molecule has 0 unspecified atom stereocenters. The maximum atomic E-state index is 9.33. The van der Waals surface area contributed by atoms with E-state index in [0.29, 0.717) is 16.7 Å². The molecular formula is C48H77ClO3. The zero-order valence-electron chi connectivity index (χ0n) is 37.3. The van der Waals surface area contributed by atoms with Gasteiger partial charge in [-0.05, 0) is 143 Å². The smallest absolute Gasteiger partial charge is 0.134 e. The lowest BCUT2D eigenvalue weighted by Crippen LogP contribution is -2.16. The molecule has 0 heterocycles. The van der Waals surface area contributed by atoms with E-state index in [9.17, 15) is 15.3 Å². The quantitative estimate of drug-likeness (QED) is 0.236. The highest BCUT2D eigenvalue weighted by Gasteiger charge is 2.15. The van der Waals surface area contributed by atoms with Crippen LogP contribution in [0.4, 0.5) is 0 Å². The van der Waals surface area contributed by atoms with Crippen LogP contribution in [0.1, 0.15) is 163 Å². The van der Waals surface area contributed by atoms with Crippen molar-refractivity contribution < 1.29 is 15.3 Å². The Kier molecular flexibility index (Phi) is 22.2. The minimum absolute atomic E-state index is 0.0139. The molecule has 2 rings (SSSR count). The van der Waals surface area contributed by atoms with Gasteiger partial charge in [0.25, 0.3) is 0 Å². The SMILES string of the molecule is CC(C)(C)C#CC(C)(C)C.CC(C)(C)C#CC(C)(C)O.CC(C)(C)c1ccc(Cl)c(O)c1.CC(C)(C)c1cccc(O)c1.CC(C)C#CC(C)(C)C. The van der Waals surface area contributed by atoms with Crippen molar-refractivity contribution in [3.05, 3.63) is 58.6 Å². The zero-order valence-corrected chi connectivity index (χ0v) is 38.1. The molecule has 0 amide bonds. The van der Waals surface area contributed by atoms with Gasteiger partial charge < -0.3 is 15.3 Å². The van der Waals surface area contributed by atoms with Gasteiger partial charge in [-0.15, -0.1) is 0 Å². The number of hydrogen-bond donors (Lipinski definition) is 3. The first-order valence-corrected chi connectivity index (χ1v) is 18.7. The van der Waals surface area contributed by atoms with E-state index in [2.05, 4.69) is 153 Å². The van der Waals surface area contributed by atoms with Crippen LogP contribution in [0.15, 0.2) is 42.5 Å². The Balaban J connectivity index is -0.000000580. The van der Waals surface area contributed by atoms with E-state index in [0.717, 1.165) is 11.1 Å². The third kappa shape index (κ3) is 36.8. The number of aromatic hydroxyl groups is 2. The molecule has 0 aliphatic rings. The predicted octanol–water partition coefficient (Wildman–Crippen LogP) is 13.6. The summed E-state index contributed by atoms with van der Waals surface area (Å²) in [6, 6.07) is 12.8. The second kappa shape index (κ2) is 21.6. The van der Waals surface area contributed by atoms with Gasteiger partial charge in [-0.3, -0.25) is 0 Å². The van der Waals surface area contributed by atoms with Crippen LogP contribution < -0.4 is 0 Å². The van der Waals surface area contributed by atoms with Crippen LogP contribution in [0, 0.1) is 63.1 Å². The maximum Gasteiger partial charge on any atom is 0.134 e. The molecule has 0 spiro atoms. The van der Waals surface area contributed by atoms with Crippen molar-refractivity contribution in [2.75, 3.05) is 0 Å². The fourth-order valence-corrected chi connectivity index (χ4v) is 3.15. The van der Waals surface area contributed by atoms with Gasteiger partial charge in [0.1, 0.15) is 17.1 Å². The van der Waals surface area contributed by atoms with Crippen molar-refractivity contribution in [2.45, 2.75) is 169 Å². The highest BCUT2D eigenvalue weighted by atomic mass is 35.5. The summed E-state index contributed by atoms with van der Waals surface area (Å²) in [6.45, 7) is 45.5. The minimum Gasteiger partial charge on any atom is -0.508 e. The first-order valence-electron chi connectivity index (χ1n) is 18.4. The van der Waals surface area contributed by atoms with Crippen LogP contribution in [0.5, 0.6) is 11.5 Å². The summed E-state index contributed by atoms with van der Waals surface area (Å²) < 4.78 is 0.